The lowest BCUT2D eigenvalue weighted by Crippen LogP contribution is -2.15. The van der Waals surface area contributed by atoms with Gasteiger partial charge in [0.15, 0.2) is 0 Å². The molecule has 1 N–H and O–H groups in total. The summed E-state index contributed by atoms with van der Waals surface area (Å²) in [7, 11) is 8.30. The summed E-state index contributed by atoms with van der Waals surface area (Å²) in [6, 6.07) is 24.6. The summed E-state index contributed by atoms with van der Waals surface area (Å²) >= 11 is 3.52. The quantitative estimate of drug-likeness (QED) is 0.177. The van der Waals surface area contributed by atoms with Gasteiger partial charge in [-0.05, 0) is 102 Å². The number of aromatic nitrogens is 2. The van der Waals surface area contributed by atoms with Crippen LogP contribution in [0, 0.1) is 0 Å². The van der Waals surface area contributed by atoms with Crippen molar-refractivity contribution in [2.45, 2.75) is 12.8 Å². The number of nitrogens with one attached hydrogen (secondary N) is 1. The Morgan fingerprint density at radius 2 is 1.13 bits per heavy atom. The SMILES string of the molecule is CN(C)CCCOc1ccc(-c2nc(-c3ccc(Br)cc3)[nH]c2-c2ccc(OCCCN(C)C)cc2)cc1. The molecule has 4 aromatic rings. The molecule has 0 spiro atoms. The normalized spacial score (nSPS) is 11.3. The summed E-state index contributed by atoms with van der Waals surface area (Å²) in [6.45, 7) is 3.41. The Balaban J connectivity index is 1.56. The lowest BCUT2D eigenvalue weighted by atomic mass is 10.0. The van der Waals surface area contributed by atoms with E-state index in [4.69, 9.17) is 14.5 Å². The second-order valence-electron chi connectivity index (χ2n) is 9.88. The number of ether oxygens (including phenoxy) is 2. The average molecular weight is 578 g/mol. The average Bonchev–Trinajstić information content (AvgIpc) is 3.35. The van der Waals surface area contributed by atoms with Crippen LogP contribution in [0.1, 0.15) is 12.8 Å². The first-order chi connectivity index (χ1) is 18.4. The van der Waals surface area contributed by atoms with Crippen molar-refractivity contribution in [2.24, 2.45) is 0 Å². The third-order valence-corrected chi connectivity index (χ3v) is 6.66. The lowest BCUT2D eigenvalue weighted by Gasteiger charge is -2.11. The number of hydrogen-bond acceptors (Lipinski definition) is 5. The molecule has 0 saturated carbocycles. The highest BCUT2D eigenvalue weighted by atomic mass is 79.9. The van der Waals surface area contributed by atoms with Gasteiger partial charge >= 0.3 is 0 Å². The van der Waals surface area contributed by atoms with Crippen molar-refractivity contribution in [3.8, 4) is 45.4 Å². The monoisotopic (exact) mass is 576 g/mol. The van der Waals surface area contributed by atoms with E-state index in [1.54, 1.807) is 0 Å². The molecule has 7 heteroatoms. The van der Waals surface area contributed by atoms with Gasteiger partial charge in [0.05, 0.1) is 24.6 Å². The minimum Gasteiger partial charge on any atom is -0.494 e. The van der Waals surface area contributed by atoms with Crippen LogP contribution in [0.5, 0.6) is 11.5 Å². The number of rotatable bonds is 13. The first-order valence-corrected chi connectivity index (χ1v) is 13.8. The van der Waals surface area contributed by atoms with Crippen LogP contribution in [-0.2, 0) is 0 Å². The molecule has 4 rings (SSSR count). The van der Waals surface area contributed by atoms with Gasteiger partial charge in [-0.3, -0.25) is 0 Å². The number of benzene rings is 3. The molecule has 0 aliphatic heterocycles. The van der Waals surface area contributed by atoms with Crippen LogP contribution in [0.2, 0.25) is 0 Å². The minimum atomic E-state index is 0.697. The van der Waals surface area contributed by atoms with Crippen LogP contribution < -0.4 is 9.47 Å². The Morgan fingerprint density at radius 3 is 1.63 bits per heavy atom. The van der Waals surface area contributed by atoms with Gasteiger partial charge in [-0.25, -0.2) is 4.98 Å². The molecule has 0 saturated heterocycles. The van der Waals surface area contributed by atoms with E-state index in [2.05, 4.69) is 95.3 Å². The Bertz CT molecular complexity index is 1190. The molecule has 0 unspecified atom stereocenters. The maximum atomic E-state index is 5.94. The molecule has 0 radical (unpaired) electrons. The van der Waals surface area contributed by atoms with E-state index in [1.165, 1.54) is 0 Å². The van der Waals surface area contributed by atoms with E-state index in [9.17, 15) is 0 Å². The lowest BCUT2D eigenvalue weighted by molar-refractivity contribution is 0.281. The summed E-state index contributed by atoms with van der Waals surface area (Å²) in [5.74, 6) is 2.57. The fraction of sp³-hybridized carbons (Fsp3) is 0.323. The number of nitrogens with zero attached hydrogens (tertiary/aromatic N) is 3. The predicted molar refractivity (Wildman–Crippen MR) is 160 cm³/mol. The minimum absolute atomic E-state index is 0.697. The molecule has 0 atom stereocenters. The van der Waals surface area contributed by atoms with Gasteiger partial charge in [0.25, 0.3) is 0 Å². The number of H-pyrrole nitrogens is 1. The highest BCUT2D eigenvalue weighted by Crippen LogP contribution is 2.34. The number of hydrogen-bond donors (Lipinski definition) is 1. The van der Waals surface area contributed by atoms with Crippen molar-refractivity contribution in [1.29, 1.82) is 0 Å². The molecule has 0 bridgehead atoms. The Kier molecular flexibility index (Phi) is 9.98. The van der Waals surface area contributed by atoms with Gasteiger partial charge in [-0.1, -0.05) is 28.1 Å². The smallest absolute Gasteiger partial charge is 0.138 e. The predicted octanol–water partition coefficient (Wildman–Crippen LogP) is 6.83. The van der Waals surface area contributed by atoms with Crippen molar-refractivity contribution < 1.29 is 9.47 Å². The van der Waals surface area contributed by atoms with E-state index in [-0.39, 0.29) is 0 Å². The van der Waals surface area contributed by atoms with Crippen LogP contribution in [0.15, 0.2) is 77.3 Å². The zero-order chi connectivity index (χ0) is 26.9. The largest absolute Gasteiger partial charge is 0.494 e. The standard InChI is InChI=1S/C31H37BrN4O2/c1-35(2)19-5-21-37-27-15-9-23(10-16-27)29-30(34-31(33-29)25-7-13-26(32)14-8-25)24-11-17-28(18-12-24)38-22-6-20-36(3)4/h7-18H,5-6,19-22H2,1-4H3,(H,33,34). The summed E-state index contributed by atoms with van der Waals surface area (Å²) in [4.78, 5) is 12.9. The van der Waals surface area contributed by atoms with Crippen LogP contribution in [0.4, 0.5) is 0 Å². The zero-order valence-corrected chi connectivity index (χ0v) is 24.3. The van der Waals surface area contributed by atoms with Gasteiger partial charge in [-0.2, -0.15) is 0 Å². The molecule has 3 aromatic carbocycles. The van der Waals surface area contributed by atoms with Crippen LogP contribution in [0.3, 0.4) is 0 Å². The van der Waals surface area contributed by atoms with Crippen molar-refractivity contribution in [3.05, 3.63) is 77.3 Å². The summed E-state index contributed by atoms with van der Waals surface area (Å²) in [5.41, 5.74) is 5.00. The van der Waals surface area contributed by atoms with E-state index in [1.807, 2.05) is 36.4 Å². The summed E-state index contributed by atoms with van der Waals surface area (Å²) in [5, 5.41) is 0. The van der Waals surface area contributed by atoms with Crippen molar-refractivity contribution in [3.63, 3.8) is 0 Å². The maximum Gasteiger partial charge on any atom is 0.138 e. The third-order valence-electron chi connectivity index (χ3n) is 6.13. The molecule has 1 heterocycles. The molecule has 200 valence electrons. The molecule has 1 aromatic heterocycles. The van der Waals surface area contributed by atoms with Crippen LogP contribution >= 0.6 is 15.9 Å². The second-order valence-corrected chi connectivity index (χ2v) is 10.8. The Labute approximate surface area is 234 Å². The van der Waals surface area contributed by atoms with Gasteiger partial charge in [0, 0.05) is 34.3 Å². The van der Waals surface area contributed by atoms with E-state index >= 15 is 0 Å². The van der Waals surface area contributed by atoms with Gasteiger partial charge in [0.2, 0.25) is 0 Å². The zero-order valence-electron chi connectivity index (χ0n) is 22.7. The Morgan fingerprint density at radius 1 is 0.658 bits per heavy atom. The maximum absolute atomic E-state index is 5.94. The molecular formula is C31H37BrN4O2. The first-order valence-electron chi connectivity index (χ1n) is 13.0. The molecule has 38 heavy (non-hydrogen) atoms. The van der Waals surface area contributed by atoms with E-state index < -0.39 is 0 Å². The van der Waals surface area contributed by atoms with Gasteiger partial charge in [0.1, 0.15) is 17.3 Å². The van der Waals surface area contributed by atoms with Crippen LogP contribution in [0.25, 0.3) is 33.9 Å². The highest BCUT2D eigenvalue weighted by molar-refractivity contribution is 9.10. The molecule has 0 amide bonds. The number of imidazole rings is 1. The molecule has 0 aliphatic rings. The van der Waals surface area contributed by atoms with E-state index in [0.717, 1.165) is 75.8 Å². The van der Waals surface area contributed by atoms with Gasteiger partial charge < -0.3 is 24.3 Å². The second kappa shape index (κ2) is 13.6. The number of aromatic amines is 1. The number of halogens is 1. The highest BCUT2D eigenvalue weighted by Gasteiger charge is 2.16. The summed E-state index contributed by atoms with van der Waals surface area (Å²) < 4.78 is 12.9. The fourth-order valence-electron chi connectivity index (χ4n) is 4.10. The van der Waals surface area contributed by atoms with Crippen molar-refractivity contribution >= 4 is 15.9 Å². The fourth-order valence-corrected chi connectivity index (χ4v) is 4.37. The topological polar surface area (TPSA) is 53.6 Å². The van der Waals surface area contributed by atoms with Gasteiger partial charge in [-0.15, -0.1) is 0 Å². The third kappa shape index (κ3) is 7.93. The molecule has 6 nitrogen and oxygen atoms in total. The first kappa shape index (κ1) is 27.9. The molecule has 0 aliphatic carbocycles. The Hall–Kier alpha value is -3.13. The van der Waals surface area contributed by atoms with Crippen molar-refractivity contribution in [2.75, 3.05) is 54.5 Å². The molecular weight excluding hydrogens is 540 g/mol. The van der Waals surface area contributed by atoms with Crippen molar-refractivity contribution in [1.82, 2.24) is 19.8 Å². The van der Waals surface area contributed by atoms with E-state index in [0.29, 0.717) is 13.2 Å². The molecule has 0 fully saturated rings. The van der Waals surface area contributed by atoms with Crippen LogP contribution in [-0.4, -0.2) is 74.3 Å². The summed E-state index contributed by atoms with van der Waals surface area (Å²) in [6.07, 6.45) is 1.98.